The van der Waals surface area contributed by atoms with E-state index in [9.17, 15) is 14.4 Å². The van der Waals surface area contributed by atoms with Crippen LogP contribution in [0.15, 0.2) is 48.5 Å². The number of imide groups is 1. The summed E-state index contributed by atoms with van der Waals surface area (Å²) in [5.74, 6) is -0.624. The van der Waals surface area contributed by atoms with Crippen molar-refractivity contribution in [2.45, 2.75) is 12.8 Å². The summed E-state index contributed by atoms with van der Waals surface area (Å²) in [6, 6.07) is 13.2. The van der Waals surface area contributed by atoms with Gasteiger partial charge in [0.2, 0.25) is 11.8 Å². The third-order valence-electron chi connectivity index (χ3n) is 3.56. The van der Waals surface area contributed by atoms with Crippen LogP contribution in [0.25, 0.3) is 0 Å². The molecule has 0 bridgehead atoms. The number of benzene rings is 2. The highest BCUT2D eigenvalue weighted by atomic mass is 35.5. The summed E-state index contributed by atoms with van der Waals surface area (Å²) in [7, 11) is 0. The Morgan fingerprint density at radius 3 is 2.09 bits per heavy atom. The lowest BCUT2D eigenvalue weighted by molar-refractivity contribution is -0.121. The predicted octanol–water partition coefficient (Wildman–Crippen LogP) is 3.22. The minimum atomic E-state index is -0.213. The average molecular weight is 314 g/mol. The molecule has 22 heavy (non-hydrogen) atoms. The molecule has 4 nitrogen and oxygen atoms in total. The van der Waals surface area contributed by atoms with Crippen molar-refractivity contribution in [1.29, 1.82) is 0 Å². The van der Waals surface area contributed by atoms with Crippen LogP contribution >= 0.6 is 11.6 Å². The zero-order valence-corrected chi connectivity index (χ0v) is 12.3. The third kappa shape index (κ3) is 2.53. The van der Waals surface area contributed by atoms with Crippen LogP contribution in [0.4, 0.5) is 5.69 Å². The molecule has 0 atom stereocenters. The van der Waals surface area contributed by atoms with Gasteiger partial charge in [0, 0.05) is 24.0 Å². The molecule has 2 aromatic carbocycles. The van der Waals surface area contributed by atoms with Crippen molar-refractivity contribution in [1.82, 2.24) is 0 Å². The Hall–Kier alpha value is -2.46. The van der Waals surface area contributed by atoms with Crippen molar-refractivity contribution in [3.8, 4) is 0 Å². The van der Waals surface area contributed by atoms with Crippen molar-refractivity contribution in [3.05, 3.63) is 64.7 Å². The van der Waals surface area contributed by atoms with Crippen LogP contribution in [0.2, 0.25) is 5.02 Å². The van der Waals surface area contributed by atoms with Gasteiger partial charge in [0.05, 0.1) is 10.7 Å². The molecule has 1 aliphatic rings. The van der Waals surface area contributed by atoms with Crippen molar-refractivity contribution < 1.29 is 14.4 Å². The maximum absolute atomic E-state index is 12.4. The topological polar surface area (TPSA) is 54.5 Å². The summed E-state index contributed by atoms with van der Waals surface area (Å²) in [4.78, 5) is 36.9. The van der Waals surface area contributed by atoms with E-state index in [2.05, 4.69) is 0 Å². The molecule has 0 N–H and O–H groups in total. The fourth-order valence-electron chi connectivity index (χ4n) is 2.43. The Kier molecular flexibility index (Phi) is 3.77. The summed E-state index contributed by atoms with van der Waals surface area (Å²) in [6.07, 6.45) is 0.471. The second-order valence-electron chi connectivity index (χ2n) is 4.98. The highest BCUT2D eigenvalue weighted by molar-refractivity contribution is 6.35. The van der Waals surface area contributed by atoms with Crippen LogP contribution in [0.1, 0.15) is 28.8 Å². The number of hydrogen-bond acceptors (Lipinski definition) is 3. The molecular formula is C17H12ClNO3. The van der Waals surface area contributed by atoms with E-state index < -0.39 is 0 Å². The number of nitrogens with zero attached hydrogens (tertiary/aromatic N) is 1. The van der Waals surface area contributed by atoms with E-state index in [4.69, 9.17) is 11.6 Å². The van der Waals surface area contributed by atoms with Crippen LogP contribution in [0, 0.1) is 0 Å². The summed E-state index contributed by atoms with van der Waals surface area (Å²) in [5, 5.41) is 0.390. The summed E-state index contributed by atoms with van der Waals surface area (Å²) < 4.78 is 0. The quantitative estimate of drug-likeness (QED) is 0.646. The first-order chi connectivity index (χ1) is 10.6. The molecule has 1 aliphatic heterocycles. The smallest absolute Gasteiger partial charge is 0.234 e. The molecule has 110 valence electrons. The zero-order valence-electron chi connectivity index (χ0n) is 11.6. The van der Waals surface area contributed by atoms with Gasteiger partial charge in [0.15, 0.2) is 5.78 Å². The average Bonchev–Trinajstić information content (AvgIpc) is 2.86. The first kappa shape index (κ1) is 14.5. The molecule has 2 aromatic rings. The SMILES string of the molecule is O=C(c1ccc(N2C(=O)CCC2=O)cc1)c1ccccc1Cl. The van der Waals surface area contributed by atoms with Crippen molar-refractivity contribution >= 4 is 34.9 Å². The van der Waals surface area contributed by atoms with Gasteiger partial charge in [-0.05, 0) is 36.4 Å². The number of ketones is 1. The van der Waals surface area contributed by atoms with Gasteiger partial charge in [-0.25, -0.2) is 0 Å². The first-order valence-electron chi connectivity index (χ1n) is 6.83. The van der Waals surface area contributed by atoms with Gasteiger partial charge < -0.3 is 0 Å². The molecular weight excluding hydrogens is 302 g/mol. The highest BCUT2D eigenvalue weighted by Gasteiger charge is 2.30. The van der Waals surface area contributed by atoms with Gasteiger partial charge >= 0.3 is 0 Å². The van der Waals surface area contributed by atoms with E-state index in [0.29, 0.717) is 21.8 Å². The molecule has 1 saturated heterocycles. The summed E-state index contributed by atoms with van der Waals surface area (Å²) in [6.45, 7) is 0. The Bertz CT molecular complexity index is 752. The normalized spacial score (nSPS) is 14.5. The lowest BCUT2D eigenvalue weighted by Gasteiger charge is -2.14. The van der Waals surface area contributed by atoms with E-state index in [1.165, 1.54) is 0 Å². The fourth-order valence-corrected chi connectivity index (χ4v) is 2.65. The largest absolute Gasteiger partial charge is 0.289 e. The van der Waals surface area contributed by atoms with Crippen molar-refractivity contribution in [3.63, 3.8) is 0 Å². The van der Waals surface area contributed by atoms with Crippen LogP contribution < -0.4 is 4.90 Å². The molecule has 0 aliphatic carbocycles. The minimum Gasteiger partial charge on any atom is -0.289 e. The van der Waals surface area contributed by atoms with Crippen LogP contribution in [-0.2, 0) is 9.59 Å². The van der Waals surface area contributed by atoms with Gasteiger partial charge in [-0.15, -0.1) is 0 Å². The molecule has 0 unspecified atom stereocenters. The Labute approximate surface area is 132 Å². The predicted molar refractivity (Wildman–Crippen MR) is 83.1 cm³/mol. The van der Waals surface area contributed by atoms with Gasteiger partial charge in [0.25, 0.3) is 0 Å². The van der Waals surface area contributed by atoms with Gasteiger partial charge in [-0.3, -0.25) is 19.3 Å². The molecule has 0 saturated carbocycles. The first-order valence-corrected chi connectivity index (χ1v) is 7.21. The van der Waals surface area contributed by atoms with Crippen LogP contribution in [0.5, 0.6) is 0 Å². The number of carbonyl (C=O) groups is 3. The lowest BCUT2D eigenvalue weighted by Crippen LogP contribution is -2.28. The molecule has 0 spiro atoms. The third-order valence-corrected chi connectivity index (χ3v) is 3.89. The zero-order chi connectivity index (χ0) is 15.7. The summed E-state index contributed by atoms with van der Waals surface area (Å²) >= 11 is 6.02. The van der Waals surface area contributed by atoms with Gasteiger partial charge in [0.1, 0.15) is 0 Å². The molecule has 3 rings (SSSR count). The summed E-state index contributed by atoms with van der Waals surface area (Å²) in [5.41, 5.74) is 1.37. The molecule has 0 radical (unpaired) electrons. The second-order valence-corrected chi connectivity index (χ2v) is 5.39. The van der Waals surface area contributed by atoms with Gasteiger partial charge in [-0.2, -0.15) is 0 Å². The number of carbonyl (C=O) groups excluding carboxylic acids is 3. The maximum atomic E-state index is 12.4. The molecule has 2 amide bonds. The monoisotopic (exact) mass is 313 g/mol. The number of amides is 2. The number of hydrogen-bond donors (Lipinski definition) is 0. The number of halogens is 1. The van der Waals surface area contributed by atoms with Crippen molar-refractivity contribution in [2.24, 2.45) is 0 Å². The van der Waals surface area contributed by atoms with E-state index >= 15 is 0 Å². The molecule has 5 heteroatoms. The Balaban J connectivity index is 1.89. The van der Waals surface area contributed by atoms with Crippen LogP contribution in [0.3, 0.4) is 0 Å². The molecule has 1 fully saturated rings. The number of rotatable bonds is 3. The standard InChI is InChI=1S/C17H12ClNO3/c18-14-4-2-1-3-13(14)17(22)11-5-7-12(8-6-11)19-15(20)9-10-16(19)21/h1-8H,9-10H2. The maximum Gasteiger partial charge on any atom is 0.234 e. The minimum absolute atomic E-state index is 0.198. The van der Waals surface area contributed by atoms with Gasteiger partial charge in [-0.1, -0.05) is 23.7 Å². The van der Waals surface area contributed by atoms with Crippen LogP contribution in [-0.4, -0.2) is 17.6 Å². The Morgan fingerprint density at radius 2 is 1.50 bits per heavy atom. The fraction of sp³-hybridized carbons (Fsp3) is 0.118. The lowest BCUT2D eigenvalue weighted by atomic mass is 10.0. The van der Waals surface area contributed by atoms with E-state index in [1.807, 2.05) is 0 Å². The second kappa shape index (κ2) is 5.73. The van der Waals surface area contributed by atoms with E-state index in [0.717, 1.165) is 4.90 Å². The van der Waals surface area contributed by atoms with E-state index in [-0.39, 0.29) is 30.4 Å². The Morgan fingerprint density at radius 1 is 0.909 bits per heavy atom. The van der Waals surface area contributed by atoms with E-state index in [1.54, 1.807) is 48.5 Å². The molecule has 0 aromatic heterocycles. The number of anilines is 1. The molecule has 1 heterocycles. The highest BCUT2D eigenvalue weighted by Crippen LogP contribution is 2.24. The van der Waals surface area contributed by atoms with Crippen molar-refractivity contribution in [2.75, 3.05) is 4.90 Å².